The molecule has 0 unspecified atom stereocenters. The second-order valence-electron chi connectivity index (χ2n) is 2.81. The van der Waals surface area contributed by atoms with Crippen molar-refractivity contribution in [3.05, 3.63) is 48.9 Å². The van der Waals surface area contributed by atoms with Crippen molar-refractivity contribution >= 4 is 38.7 Å². The second-order valence-corrected chi connectivity index (χ2v) is 4.20. The second kappa shape index (κ2) is 3.60. The van der Waals surface area contributed by atoms with Crippen molar-refractivity contribution < 1.29 is 4.92 Å². The molecule has 6 heteroatoms. The first-order valence-corrected chi connectivity index (χ1v) is 5.16. The predicted octanol–water partition coefficient (Wildman–Crippen LogP) is 2.82. The Morgan fingerprint density at radius 3 is 2.67 bits per heavy atom. The van der Waals surface area contributed by atoms with E-state index in [0.29, 0.717) is 10.1 Å². The van der Waals surface area contributed by atoms with Gasteiger partial charge in [0.25, 0.3) is 0 Å². The molecule has 2 aromatic rings. The molecule has 0 atom stereocenters. The molecule has 0 fully saturated rings. The van der Waals surface area contributed by atoms with Crippen molar-refractivity contribution in [1.82, 2.24) is 0 Å². The molecule has 0 radical (unpaired) electrons. The summed E-state index contributed by atoms with van der Waals surface area (Å²) in [6, 6.07) is 6.83. The van der Waals surface area contributed by atoms with Gasteiger partial charge < -0.3 is 0 Å². The van der Waals surface area contributed by atoms with E-state index in [4.69, 9.17) is 11.6 Å². The first-order chi connectivity index (χ1) is 7.11. The zero-order valence-electron chi connectivity index (χ0n) is 7.27. The van der Waals surface area contributed by atoms with Crippen molar-refractivity contribution in [2.75, 3.05) is 0 Å². The van der Waals surface area contributed by atoms with Gasteiger partial charge in [-0.1, -0.05) is 41.1 Å². The number of hydrogen-bond acceptors (Lipinski definition) is 4. The van der Waals surface area contributed by atoms with Crippen LogP contribution < -0.4 is 4.74 Å². The SMILES string of the molecule is O=c1sc2ccccc2c(Cl)c1[N+](=O)[O-]. The fourth-order valence-electron chi connectivity index (χ4n) is 1.26. The van der Waals surface area contributed by atoms with Gasteiger partial charge in [0.05, 0.1) is 4.92 Å². The Labute approximate surface area is 92.9 Å². The van der Waals surface area contributed by atoms with Crippen LogP contribution in [0.3, 0.4) is 0 Å². The fraction of sp³-hybridized carbons (Fsp3) is 0. The van der Waals surface area contributed by atoms with Crippen LogP contribution in [0.15, 0.2) is 29.1 Å². The summed E-state index contributed by atoms with van der Waals surface area (Å²) in [5.41, 5.74) is -0.541. The lowest BCUT2D eigenvalue weighted by atomic mass is 10.2. The summed E-state index contributed by atoms with van der Waals surface area (Å²) in [7, 11) is 0. The van der Waals surface area contributed by atoms with Crippen molar-refractivity contribution in [2.45, 2.75) is 0 Å². The molecule has 76 valence electrons. The molecular weight excluding hydrogens is 238 g/mol. The molecular formula is C9H4ClNO3S. The highest BCUT2D eigenvalue weighted by Gasteiger charge is 2.20. The van der Waals surface area contributed by atoms with E-state index in [1.165, 1.54) is 0 Å². The van der Waals surface area contributed by atoms with Gasteiger partial charge >= 0.3 is 10.4 Å². The molecule has 0 saturated heterocycles. The minimum atomic E-state index is -0.742. The third-order valence-corrected chi connectivity index (χ3v) is 3.25. The third-order valence-electron chi connectivity index (χ3n) is 1.91. The highest BCUT2D eigenvalue weighted by molar-refractivity contribution is 7.16. The Hall–Kier alpha value is -1.46. The first kappa shape index (κ1) is 10.1. The van der Waals surface area contributed by atoms with Gasteiger partial charge in [0.15, 0.2) is 0 Å². The molecule has 0 aliphatic rings. The van der Waals surface area contributed by atoms with Crippen LogP contribution in [0, 0.1) is 10.1 Å². The number of halogens is 1. The van der Waals surface area contributed by atoms with E-state index >= 15 is 0 Å². The summed E-state index contributed by atoms with van der Waals surface area (Å²) in [5, 5.41) is 11.1. The van der Waals surface area contributed by atoms with E-state index in [-0.39, 0.29) is 5.02 Å². The lowest BCUT2D eigenvalue weighted by Gasteiger charge is -1.98. The number of benzene rings is 1. The molecule has 0 aliphatic heterocycles. The fourth-order valence-corrected chi connectivity index (χ4v) is 2.59. The third kappa shape index (κ3) is 1.60. The molecule has 4 nitrogen and oxygen atoms in total. The molecule has 2 rings (SSSR count). The zero-order chi connectivity index (χ0) is 11.0. The number of nitrogens with zero attached hydrogens (tertiary/aromatic N) is 1. The van der Waals surface area contributed by atoms with Gasteiger partial charge in [-0.05, 0) is 6.07 Å². The van der Waals surface area contributed by atoms with Crippen molar-refractivity contribution in [2.24, 2.45) is 0 Å². The molecule has 0 spiro atoms. The summed E-state index contributed by atoms with van der Waals surface area (Å²) >= 11 is 6.64. The normalized spacial score (nSPS) is 10.5. The summed E-state index contributed by atoms with van der Waals surface area (Å²) in [4.78, 5) is 21.3. The topological polar surface area (TPSA) is 60.2 Å². The molecule has 0 aliphatic carbocycles. The van der Waals surface area contributed by atoms with Gasteiger partial charge in [-0.25, -0.2) is 0 Å². The molecule has 1 aromatic heterocycles. The van der Waals surface area contributed by atoms with Gasteiger partial charge in [0, 0.05) is 10.1 Å². The molecule has 1 heterocycles. The van der Waals surface area contributed by atoms with E-state index < -0.39 is 15.4 Å². The smallest absolute Gasteiger partial charge is 0.270 e. The average Bonchev–Trinajstić information content (AvgIpc) is 2.17. The van der Waals surface area contributed by atoms with E-state index in [0.717, 1.165) is 11.3 Å². The zero-order valence-corrected chi connectivity index (χ0v) is 8.84. The van der Waals surface area contributed by atoms with Crippen LogP contribution in [-0.2, 0) is 0 Å². The molecule has 0 bridgehead atoms. The Morgan fingerprint density at radius 2 is 2.00 bits per heavy atom. The maximum absolute atomic E-state index is 11.4. The van der Waals surface area contributed by atoms with E-state index in [2.05, 4.69) is 0 Å². The maximum atomic E-state index is 11.4. The predicted molar refractivity (Wildman–Crippen MR) is 59.8 cm³/mol. The highest BCUT2D eigenvalue weighted by Crippen LogP contribution is 2.31. The molecule has 15 heavy (non-hydrogen) atoms. The number of rotatable bonds is 1. The summed E-state index contributed by atoms with van der Waals surface area (Å²) in [5.74, 6) is 0. The van der Waals surface area contributed by atoms with E-state index in [9.17, 15) is 14.9 Å². The number of fused-ring (bicyclic) bond motifs is 1. The average molecular weight is 242 g/mol. The van der Waals surface area contributed by atoms with Crippen LogP contribution >= 0.6 is 22.9 Å². The highest BCUT2D eigenvalue weighted by atomic mass is 35.5. The van der Waals surface area contributed by atoms with Gasteiger partial charge in [-0.2, -0.15) is 0 Å². The van der Waals surface area contributed by atoms with Crippen LogP contribution in [-0.4, -0.2) is 4.92 Å². The van der Waals surface area contributed by atoms with Crippen molar-refractivity contribution in [3.8, 4) is 0 Å². The molecule has 0 saturated carbocycles. The Kier molecular flexibility index (Phi) is 2.42. The van der Waals surface area contributed by atoms with Gasteiger partial charge in [0.1, 0.15) is 5.02 Å². The van der Waals surface area contributed by atoms with Crippen LogP contribution in [0.2, 0.25) is 5.02 Å². The van der Waals surface area contributed by atoms with Crippen molar-refractivity contribution in [1.29, 1.82) is 0 Å². The Balaban J connectivity index is 2.97. The lowest BCUT2D eigenvalue weighted by molar-refractivity contribution is -0.385. The van der Waals surface area contributed by atoms with Crippen LogP contribution in [0.1, 0.15) is 0 Å². The first-order valence-electron chi connectivity index (χ1n) is 3.97. The quantitative estimate of drug-likeness (QED) is 0.570. The van der Waals surface area contributed by atoms with Gasteiger partial charge in [0.2, 0.25) is 0 Å². The molecule has 0 amide bonds. The minimum absolute atomic E-state index is 0.0839. The summed E-state index contributed by atoms with van der Waals surface area (Å²) in [6.07, 6.45) is 0. The monoisotopic (exact) mass is 241 g/mol. The van der Waals surface area contributed by atoms with E-state index in [1.54, 1.807) is 24.3 Å². The molecule has 0 N–H and O–H groups in total. The van der Waals surface area contributed by atoms with Crippen LogP contribution in [0.5, 0.6) is 0 Å². The largest absolute Gasteiger partial charge is 0.345 e. The standard InChI is InChI=1S/C9H4ClNO3S/c10-7-5-3-1-2-4-6(5)15-9(12)8(7)11(13)14/h1-4H. The van der Waals surface area contributed by atoms with Crippen LogP contribution in [0.4, 0.5) is 5.69 Å². The Bertz CT molecular complexity index is 608. The minimum Gasteiger partial charge on any atom is -0.270 e. The van der Waals surface area contributed by atoms with Crippen LogP contribution in [0.25, 0.3) is 10.1 Å². The molecule has 1 aromatic carbocycles. The lowest BCUT2D eigenvalue weighted by Crippen LogP contribution is -2.04. The van der Waals surface area contributed by atoms with Gasteiger partial charge in [-0.15, -0.1) is 0 Å². The van der Waals surface area contributed by atoms with Gasteiger partial charge in [-0.3, -0.25) is 14.9 Å². The summed E-state index contributed by atoms with van der Waals surface area (Å²) in [6.45, 7) is 0. The number of hydrogen-bond donors (Lipinski definition) is 0. The maximum Gasteiger partial charge on any atom is 0.345 e. The number of nitro groups is 1. The van der Waals surface area contributed by atoms with Crippen molar-refractivity contribution in [3.63, 3.8) is 0 Å². The van der Waals surface area contributed by atoms with E-state index in [1.807, 2.05) is 0 Å². The Morgan fingerprint density at radius 1 is 1.33 bits per heavy atom. The summed E-state index contributed by atoms with van der Waals surface area (Å²) < 4.78 is 0.0294.